The Balaban J connectivity index is 1.73. The fourth-order valence-corrected chi connectivity index (χ4v) is 3.26. The van der Waals surface area contributed by atoms with E-state index in [2.05, 4.69) is 4.90 Å². The molecule has 2 heterocycles. The van der Waals surface area contributed by atoms with Crippen LogP contribution in [-0.2, 0) is 11.2 Å². The first-order chi connectivity index (χ1) is 10.2. The summed E-state index contributed by atoms with van der Waals surface area (Å²) < 4.78 is 19.0. The normalized spacial score (nSPS) is 20.7. The molecule has 3 rings (SSSR count). The molecule has 1 amide bonds. The number of hydrogen-bond acceptors (Lipinski definition) is 3. The van der Waals surface area contributed by atoms with Crippen molar-refractivity contribution in [3.8, 4) is 0 Å². The van der Waals surface area contributed by atoms with Crippen LogP contribution in [0, 0.1) is 5.82 Å². The quantitative estimate of drug-likeness (QED) is 0.732. The van der Waals surface area contributed by atoms with Crippen LogP contribution >= 0.6 is 11.6 Å². The molecule has 1 fully saturated rings. The molecule has 2 aliphatic heterocycles. The molecule has 22 heavy (non-hydrogen) atoms. The van der Waals surface area contributed by atoms with Crippen molar-refractivity contribution in [1.82, 2.24) is 4.90 Å². The van der Waals surface area contributed by atoms with Crippen LogP contribution in [0.15, 0.2) is 12.1 Å². The zero-order valence-corrected chi connectivity index (χ0v) is 13.8. The standard InChI is InChI=1S/C16H20ClFN2O2/c1-16(2,3)22-15(21)19-4-5-20-11(9-19)6-10-7-13(18)12(17)8-14(10)20/h7-8,11H,4-6,9H2,1-3H3. The van der Waals surface area contributed by atoms with E-state index < -0.39 is 5.60 Å². The van der Waals surface area contributed by atoms with E-state index in [1.165, 1.54) is 6.07 Å². The molecule has 1 aromatic rings. The molecule has 120 valence electrons. The lowest BCUT2D eigenvalue weighted by Crippen LogP contribution is -2.54. The number of amides is 1. The Kier molecular flexibility index (Phi) is 3.71. The first-order valence-electron chi connectivity index (χ1n) is 7.47. The number of piperazine rings is 1. The largest absolute Gasteiger partial charge is 0.444 e. The number of rotatable bonds is 0. The van der Waals surface area contributed by atoms with Gasteiger partial charge in [0, 0.05) is 25.3 Å². The number of carbonyl (C=O) groups excluding carboxylic acids is 1. The molecule has 4 nitrogen and oxygen atoms in total. The SMILES string of the molecule is CC(C)(C)OC(=O)N1CCN2c3cc(Cl)c(F)cc3CC2C1. The second-order valence-corrected chi connectivity index (χ2v) is 7.28. The number of carbonyl (C=O) groups is 1. The molecule has 0 N–H and O–H groups in total. The maximum Gasteiger partial charge on any atom is 0.410 e. The van der Waals surface area contributed by atoms with Gasteiger partial charge in [0.15, 0.2) is 0 Å². The number of fused-ring (bicyclic) bond motifs is 3. The number of benzene rings is 1. The Morgan fingerprint density at radius 2 is 2.09 bits per heavy atom. The molecule has 1 aromatic carbocycles. The number of nitrogens with zero attached hydrogens (tertiary/aromatic N) is 2. The highest BCUT2D eigenvalue weighted by atomic mass is 35.5. The topological polar surface area (TPSA) is 32.8 Å². The van der Waals surface area contributed by atoms with Crippen molar-refractivity contribution < 1.29 is 13.9 Å². The van der Waals surface area contributed by atoms with E-state index in [-0.39, 0.29) is 23.0 Å². The van der Waals surface area contributed by atoms with Crippen LogP contribution in [0.25, 0.3) is 0 Å². The number of anilines is 1. The van der Waals surface area contributed by atoms with Gasteiger partial charge in [0.1, 0.15) is 11.4 Å². The molecule has 0 aromatic heterocycles. The van der Waals surface area contributed by atoms with E-state index in [4.69, 9.17) is 16.3 Å². The summed E-state index contributed by atoms with van der Waals surface area (Å²) >= 11 is 5.89. The predicted octanol–water partition coefficient (Wildman–Crippen LogP) is 3.46. The van der Waals surface area contributed by atoms with E-state index in [0.29, 0.717) is 19.6 Å². The van der Waals surface area contributed by atoms with Gasteiger partial charge in [-0.15, -0.1) is 0 Å². The van der Waals surface area contributed by atoms with Gasteiger partial charge in [-0.3, -0.25) is 0 Å². The fraction of sp³-hybridized carbons (Fsp3) is 0.562. The van der Waals surface area contributed by atoms with Crippen LogP contribution in [0.4, 0.5) is 14.9 Å². The summed E-state index contributed by atoms with van der Waals surface area (Å²) in [6.45, 7) is 7.47. The monoisotopic (exact) mass is 326 g/mol. The average Bonchev–Trinajstić information content (AvgIpc) is 2.74. The molecule has 2 aliphatic rings. The lowest BCUT2D eigenvalue weighted by molar-refractivity contribution is 0.0217. The molecule has 0 spiro atoms. The van der Waals surface area contributed by atoms with Crippen molar-refractivity contribution in [2.45, 2.75) is 38.8 Å². The predicted molar refractivity (Wildman–Crippen MR) is 84.1 cm³/mol. The van der Waals surface area contributed by atoms with Gasteiger partial charge >= 0.3 is 6.09 Å². The van der Waals surface area contributed by atoms with Crippen molar-refractivity contribution in [2.75, 3.05) is 24.5 Å². The van der Waals surface area contributed by atoms with E-state index in [1.54, 1.807) is 11.0 Å². The van der Waals surface area contributed by atoms with Gasteiger partial charge in [-0.05, 0) is 44.9 Å². The highest BCUT2D eigenvalue weighted by Gasteiger charge is 2.37. The molecule has 0 bridgehead atoms. The Bertz CT molecular complexity index is 615. The zero-order valence-electron chi connectivity index (χ0n) is 13.0. The summed E-state index contributed by atoms with van der Waals surface area (Å²) in [7, 11) is 0. The molecular formula is C16H20ClFN2O2. The van der Waals surface area contributed by atoms with E-state index in [0.717, 1.165) is 17.7 Å². The van der Waals surface area contributed by atoms with Crippen LogP contribution in [-0.4, -0.2) is 42.3 Å². The summed E-state index contributed by atoms with van der Waals surface area (Å²) in [6, 6.07) is 3.36. The Labute approximate surface area is 134 Å². The Hall–Kier alpha value is -1.49. The molecule has 1 saturated heterocycles. The van der Waals surface area contributed by atoms with E-state index in [1.807, 2.05) is 20.8 Å². The highest BCUT2D eigenvalue weighted by molar-refractivity contribution is 6.31. The Morgan fingerprint density at radius 3 is 2.77 bits per heavy atom. The average molecular weight is 327 g/mol. The second kappa shape index (κ2) is 5.30. The number of hydrogen-bond donors (Lipinski definition) is 0. The van der Waals surface area contributed by atoms with E-state index in [9.17, 15) is 9.18 Å². The van der Waals surface area contributed by atoms with Crippen LogP contribution in [0.1, 0.15) is 26.3 Å². The molecule has 6 heteroatoms. The molecule has 0 saturated carbocycles. The third kappa shape index (κ3) is 2.86. The lowest BCUT2D eigenvalue weighted by Gasteiger charge is -2.39. The highest BCUT2D eigenvalue weighted by Crippen LogP contribution is 2.37. The van der Waals surface area contributed by atoms with Gasteiger partial charge < -0.3 is 14.5 Å². The summed E-state index contributed by atoms with van der Waals surface area (Å²) in [5, 5.41) is 0.147. The summed E-state index contributed by atoms with van der Waals surface area (Å²) in [5.74, 6) is -0.385. The van der Waals surface area contributed by atoms with Gasteiger partial charge in [0.05, 0.1) is 11.1 Å². The zero-order chi connectivity index (χ0) is 16.1. The minimum Gasteiger partial charge on any atom is -0.444 e. The smallest absolute Gasteiger partial charge is 0.410 e. The first-order valence-corrected chi connectivity index (χ1v) is 7.85. The molecular weight excluding hydrogens is 307 g/mol. The minimum absolute atomic E-state index is 0.147. The third-order valence-corrected chi connectivity index (χ3v) is 4.31. The summed E-state index contributed by atoms with van der Waals surface area (Å²) in [4.78, 5) is 16.1. The minimum atomic E-state index is -0.497. The molecule has 1 atom stereocenters. The van der Waals surface area contributed by atoms with Gasteiger partial charge in [-0.1, -0.05) is 11.6 Å². The second-order valence-electron chi connectivity index (χ2n) is 6.87. The van der Waals surface area contributed by atoms with Gasteiger partial charge in [-0.2, -0.15) is 0 Å². The van der Waals surface area contributed by atoms with Crippen molar-refractivity contribution in [1.29, 1.82) is 0 Å². The first kappa shape index (κ1) is 15.4. The van der Waals surface area contributed by atoms with Crippen molar-refractivity contribution in [3.63, 3.8) is 0 Å². The lowest BCUT2D eigenvalue weighted by atomic mass is 10.1. The van der Waals surface area contributed by atoms with Crippen LogP contribution in [0.2, 0.25) is 5.02 Å². The Morgan fingerprint density at radius 1 is 1.36 bits per heavy atom. The maximum absolute atomic E-state index is 13.6. The van der Waals surface area contributed by atoms with Crippen LogP contribution in [0.3, 0.4) is 0 Å². The molecule has 1 unspecified atom stereocenters. The summed E-state index contributed by atoms with van der Waals surface area (Å²) in [5.41, 5.74) is 1.45. The summed E-state index contributed by atoms with van der Waals surface area (Å²) in [6.07, 6.45) is 0.440. The van der Waals surface area contributed by atoms with Gasteiger partial charge in [0.2, 0.25) is 0 Å². The fourth-order valence-electron chi connectivity index (χ4n) is 3.10. The third-order valence-electron chi connectivity index (χ3n) is 4.02. The maximum atomic E-state index is 13.6. The van der Waals surface area contributed by atoms with Gasteiger partial charge in [-0.25, -0.2) is 9.18 Å². The van der Waals surface area contributed by atoms with Crippen molar-refractivity contribution >= 4 is 23.4 Å². The number of halogens is 2. The van der Waals surface area contributed by atoms with Crippen LogP contribution < -0.4 is 4.90 Å². The number of ether oxygens (including phenoxy) is 1. The van der Waals surface area contributed by atoms with Crippen molar-refractivity contribution in [2.24, 2.45) is 0 Å². The molecule has 0 radical (unpaired) electrons. The van der Waals surface area contributed by atoms with E-state index >= 15 is 0 Å². The van der Waals surface area contributed by atoms with Crippen LogP contribution in [0.5, 0.6) is 0 Å². The van der Waals surface area contributed by atoms with Gasteiger partial charge in [0.25, 0.3) is 0 Å². The van der Waals surface area contributed by atoms with Crippen molar-refractivity contribution in [3.05, 3.63) is 28.5 Å². The molecule has 0 aliphatic carbocycles.